The molecule has 1 saturated heterocycles. The SMILES string of the molecule is CC1(C)OB(c2ccc(CC3(O)C(=O)C4=C(OCCC4)c4cc(Cl)cc(F)c43)cc2)OC1(C)C. The van der Waals surface area contributed by atoms with Crippen molar-refractivity contribution >= 4 is 35.7 Å². The van der Waals surface area contributed by atoms with Crippen LogP contribution in [0.25, 0.3) is 5.76 Å². The van der Waals surface area contributed by atoms with Crippen LogP contribution in [0.4, 0.5) is 4.39 Å². The highest BCUT2D eigenvalue weighted by molar-refractivity contribution is 6.62. The summed E-state index contributed by atoms with van der Waals surface area (Å²) in [6.07, 6.45) is 1.03. The highest BCUT2D eigenvalue weighted by Gasteiger charge is 2.52. The maximum atomic E-state index is 15.2. The largest absolute Gasteiger partial charge is 0.494 e. The number of carbonyl (C=O) groups is 1. The van der Waals surface area contributed by atoms with Gasteiger partial charge in [0.2, 0.25) is 0 Å². The monoisotopic (exact) mass is 484 g/mol. The van der Waals surface area contributed by atoms with Crippen molar-refractivity contribution in [1.82, 2.24) is 0 Å². The normalized spacial score (nSPS) is 25.1. The Morgan fingerprint density at radius 3 is 2.38 bits per heavy atom. The van der Waals surface area contributed by atoms with Gasteiger partial charge in [0, 0.05) is 28.1 Å². The van der Waals surface area contributed by atoms with Crippen molar-refractivity contribution in [2.24, 2.45) is 0 Å². The molecule has 1 unspecified atom stereocenters. The summed E-state index contributed by atoms with van der Waals surface area (Å²) < 4.78 is 33.1. The number of hydrogen-bond donors (Lipinski definition) is 1. The van der Waals surface area contributed by atoms with E-state index in [2.05, 4.69) is 0 Å². The van der Waals surface area contributed by atoms with E-state index < -0.39 is 35.5 Å². The molecule has 0 radical (unpaired) electrons. The van der Waals surface area contributed by atoms with Gasteiger partial charge in [-0.05, 0) is 63.7 Å². The average molecular weight is 485 g/mol. The molecule has 1 fully saturated rings. The lowest BCUT2D eigenvalue weighted by atomic mass is 9.72. The maximum absolute atomic E-state index is 15.2. The van der Waals surface area contributed by atoms with Crippen molar-refractivity contribution in [2.45, 2.75) is 63.8 Å². The Labute approximate surface area is 204 Å². The molecule has 0 spiro atoms. The summed E-state index contributed by atoms with van der Waals surface area (Å²) in [4.78, 5) is 13.5. The third-order valence-electron chi connectivity index (χ3n) is 7.42. The van der Waals surface area contributed by atoms with Gasteiger partial charge in [-0.15, -0.1) is 0 Å². The number of carbonyl (C=O) groups excluding carboxylic acids is 1. The second-order valence-electron chi connectivity index (χ2n) is 10.3. The standard InChI is InChI=1S/C26H27BClFO5/c1-24(2)25(3,4)34-27(33-24)16-9-7-15(8-10-16)14-26(31)21-19(12-17(28)13-20(21)29)22-18(23(26)30)6-5-11-32-22/h7-10,12-13,31H,5-6,11,14H2,1-4H3. The number of benzene rings is 2. The summed E-state index contributed by atoms with van der Waals surface area (Å²) in [7, 11) is -0.522. The van der Waals surface area contributed by atoms with E-state index in [-0.39, 0.29) is 17.0 Å². The zero-order valence-electron chi connectivity index (χ0n) is 19.7. The highest BCUT2D eigenvalue weighted by atomic mass is 35.5. The fraction of sp³-hybridized carbons (Fsp3) is 0.423. The molecule has 2 aromatic carbocycles. The molecule has 2 heterocycles. The Bertz CT molecular complexity index is 1190. The van der Waals surface area contributed by atoms with Gasteiger partial charge in [-0.1, -0.05) is 35.9 Å². The van der Waals surface area contributed by atoms with Crippen molar-refractivity contribution in [1.29, 1.82) is 0 Å². The predicted molar refractivity (Wildman–Crippen MR) is 128 cm³/mol. The number of rotatable bonds is 3. The van der Waals surface area contributed by atoms with E-state index in [4.69, 9.17) is 25.6 Å². The molecule has 2 aliphatic heterocycles. The van der Waals surface area contributed by atoms with Crippen LogP contribution in [-0.4, -0.2) is 35.8 Å². The third kappa shape index (κ3) is 3.61. The molecular weight excluding hydrogens is 458 g/mol. The predicted octanol–water partition coefficient (Wildman–Crippen LogP) is 4.31. The summed E-state index contributed by atoms with van der Waals surface area (Å²) in [5, 5.41) is 11.9. The van der Waals surface area contributed by atoms with Crippen LogP contribution < -0.4 is 5.46 Å². The van der Waals surface area contributed by atoms with Gasteiger partial charge < -0.3 is 19.2 Å². The van der Waals surface area contributed by atoms with E-state index in [1.54, 1.807) is 18.2 Å². The molecule has 0 amide bonds. The number of ketones is 1. The van der Waals surface area contributed by atoms with Gasteiger partial charge in [0.1, 0.15) is 11.6 Å². The molecule has 1 N–H and O–H groups in total. The van der Waals surface area contributed by atoms with Crippen molar-refractivity contribution in [3.05, 3.63) is 69.5 Å². The number of hydrogen-bond acceptors (Lipinski definition) is 5. The molecule has 2 aromatic rings. The minimum absolute atomic E-state index is 0.0855. The van der Waals surface area contributed by atoms with Gasteiger partial charge >= 0.3 is 7.12 Å². The molecular formula is C26H27BClFO5. The summed E-state index contributed by atoms with van der Waals surface area (Å²) >= 11 is 6.11. The van der Waals surface area contributed by atoms with Crippen LogP contribution in [0, 0.1) is 5.82 Å². The van der Waals surface area contributed by atoms with Gasteiger partial charge in [-0.25, -0.2) is 4.39 Å². The van der Waals surface area contributed by atoms with Gasteiger partial charge in [0.15, 0.2) is 11.4 Å². The second kappa shape index (κ2) is 7.92. The van der Waals surface area contributed by atoms with E-state index in [0.717, 1.165) is 11.5 Å². The molecule has 178 valence electrons. The van der Waals surface area contributed by atoms with E-state index in [0.29, 0.717) is 41.9 Å². The zero-order chi connectivity index (χ0) is 24.5. The summed E-state index contributed by atoms with van der Waals surface area (Å²) in [5.74, 6) is -0.924. The molecule has 3 aliphatic rings. The fourth-order valence-corrected chi connectivity index (χ4v) is 5.06. The van der Waals surface area contributed by atoms with Crippen molar-refractivity contribution in [3.63, 3.8) is 0 Å². The summed E-state index contributed by atoms with van der Waals surface area (Å²) in [5.41, 5.74) is -0.836. The number of halogens is 2. The van der Waals surface area contributed by atoms with Gasteiger partial charge in [0.05, 0.1) is 17.8 Å². The molecule has 5 rings (SSSR count). The number of ether oxygens (including phenoxy) is 1. The van der Waals surface area contributed by atoms with Crippen molar-refractivity contribution < 1.29 is 28.3 Å². The van der Waals surface area contributed by atoms with Crippen LogP contribution >= 0.6 is 11.6 Å². The number of aliphatic hydroxyl groups is 1. The van der Waals surface area contributed by atoms with E-state index in [9.17, 15) is 9.90 Å². The maximum Gasteiger partial charge on any atom is 0.494 e. The first-order valence-corrected chi connectivity index (χ1v) is 11.9. The van der Waals surface area contributed by atoms with Crippen LogP contribution in [0.2, 0.25) is 5.02 Å². The van der Waals surface area contributed by atoms with Gasteiger partial charge in [-0.3, -0.25) is 4.79 Å². The smallest absolute Gasteiger partial charge is 0.493 e. The van der Waals surface area contributed by atoms with Gasteiger partial charge in [-0.2, -0.15) is 0 Å². The molecule has 1 aliphatic carbocycles. The third-order valence-corrected chi connectivity index (χ3v) is 7.64. The van der Waals surface area contributed by atoms with Crippen LogP contribution in [0.15, 0.2) is 42.0 Å². The quantitative estimate of drug-likeness (QED) is 0.658. The Kier molecular flexibility index (Phi) is 5.49. The van der Waals surface area contributed by atoms with Crippen LogP contribution in [0.3, 0.4) is 0 Å². The first-order chi connectivity index (χ1) is 15.9. The molecule has 1 atom stereocenters. The topological polar surface area (TPSA) is 65.0 Å². The molecule has 5 nitrogen and oxygen atoms in total. The molecule has 8 heteroatoms. The van der Waals surface area contributed by atoms with Crippen LogP contribution in [-0.2, 0) is 30.9 Å². The van der Waals surface area contributed by atoms with E-state index in [1.165, 1.54) is 0 Å². The second-order valence-corrected chi connectivity index (χ2v) is 10.7. The lowest BCUT2D eigenvalue weighted by molar-refractivity contribution is -0.135. The van der Waals surface area contributed by atoms with E-state index >= 15 is 4.39 Å². The lowest BCUT2D eigenvalue weighted by Crippen LogP contribution is -2.44. The molecule has 0 bridgehead atoms. The molecule has 0 aromatic heterocycles. The lowest BCUT2D eigenvalue weighted by Gasteiger charge is -2.37. The van der Waals surface area contributed by atoms with Crippen LogP contribution in [0.5, 0.6) is 0 Å². The number of Topliss-reactive ketones (excluding diaryl/α,β-unsaturated/α-hetero) is 1. The summed E-state index contributed by atoms with van der Waals surface area (Å²) in [6.45, 7) is 8.38. The molecule has 0 saturated carbocycles. The zero-order valence-corrected chi connectivity index (χ0v) is 20.5. The Hall–Kier alpha value is -2.19. The fourth-order valence-electron chi connectivity index (χ4n) is 4.85. The van der Waals surface area contributed by atoms with Gasteiger partial charge in [0.25, 0.3) is 0 Å². The van der Waals surface area contributed by atoms with Crippen molar-refractivity contribution in [3.8, 4) is 0 Å². The highest BCUT2D eigenvalue weighted by Crippen LogP contribution is 2.46. The first-order valence-electron chi connectivity index (χ1n) is 11.5. The Balaban J connectivity index is 1.49. The Morgan fingerprint density at radius 2 is 1.74 bits per heavy atom. The number of fused-ring (bicyclic) bond motifs is 2. The summed E-state index contributed by atoms with van der Waals surface area (Å²) in [6, 6.07) is 9.98. The van der Waals surface area contributed by atoms with Crippen LogP contribution in [0.1, 0.15) is 57.2 Å². The first kappa shape index (κ1) is 23.6. The minimum atomic E-state index is -2.06. The minimum Gasteiger partial charge on any atom is -0.493 e. The van der Waals surface area contributed by atoms with Crippen molar-refractivity contribution in [2.75, 3.05) is 6.61 Å². The Morgan fingerprint density at radius 1 is 1.09 bits per heavy atom. The average Bonchev–Trinajstić information content (AvgIpc) is 2.99. The van der Waals surface area contributed by atoms with E-state index in [1.807, 2.05) is 39.8 Å². The molecule has 34 heavy (non-hydrogen) atoms.